The zero-order chi connectivity index (χ0) is 26.5. The van der Waals surface area contributed by atoms with Gasteiger partial charge in [-0.1, -0.05) is 31.9 Å². The highest BCUT2D eigenvalue weighted by Gasteiger charge is 2.28. The SMILES string of the molecule is CCCCC(NC(=O)[C@H](Cc1ccc(OC(C(=O)O)C(=O)O)cc1)NC(=O)CCC(=O)O)C(N)=O. The summed E-state index contributed by atoms with van der Waals surface area (Å²) in [5.41, 5.74) is 5.83. The summed E-state index contributed by atoms with van der Waals surface area (Å²) in [5.74, 6) is -6.75. The Bertz CT molecular complexity index is 918. The van der Waals surface area contributed by atoms with Gasteiger partial charge in [0, 0.05) is 12.8 Å². The van der Waals surface area contributed by atoms with Gasteiger partial charge in [-0.15, -0.1) is 0 Å². The van der Waals surface area contributed by atoms with E-state index in [0.717, 1.165) is 6.42 Å². The van der Waals surface area contributed by atoms with Gasteiger partial charge in [0.05, 0.1) is 6.42 Å². The van der Waals surface area contributed by atoms with Gasteiger partial charge >= 0.3 is 17.9 Å². The fourth-order valence-electron chi connectivity index (χ4n) is 2.94. The molecule has 0 saturated carbocycles. The average Bonchev–Trinajstić information content (AvgIpc) is 2.78. The van der Waals surface area contributed by atoms with E-state index in [9.17, 15) is 28.8 Å². The number of carboxylic acid groups (broad SMARTS) is 3. The number of carbonyl (C=O) groups excluding carboxylic acids is 3. The van der Waals surface area contributed by atoms with E-state index >= 15 is 0 Å². The number of rotatable bonds is 16. The van der Waals surface area contributed by atoms with Gasteiger partial charge in [-0.3, -0.25) is 19.2 Å². The van der Waals surface area contributed by atoms with Crippen LogP contribution in [0.3, 0.4) is 0 Å². The average molecular weight is 495 g/mol. The summed E-state index contributed by atoms with van der Waals surface area (Å²) in [6, 6.07) is 3.31. The van der Waals surface area contributed by atoms with Crippen molar-refractivity contribution in [3.8, 4) is 5.75 Å². The van der Waals surface area contributed by atoms with Crippen molar-refractivity contribution in [3.05, 3.63) is 29.8 Å². The van der Waals surface area contributed by atoms with Crippen LogP contribution in [0.25, 0.3) is 0 Å². The number of hydrogen-bond acceptors (Lipinski definition) is 7. The molecule has 3 amide bonds. The Morgan fingerprint density at radius 2 is 1.51 bits per heavy atom. The summed E-state index contributed by atoms with van der Waals surface area (Å²) in [6.45, 7) is 1.90. The fourth-order valence-corrected chi connectivity index (χ4v) is 2.94. The molecule has 0 bridgehead atoms. The predicted octanol–water partition coefficient (Wildman–Crippen LogP) is -0.344. The van der Waals surface area contributed by atoms with Crippen molar-refractivity contribution in [1.82, 2.24) is 10.6 Å². The van der Waals surface area contributed by atoms with Crippen molar-refractivity contribution in [2.75, 3.05) is 0 Å². The first-order chi connectivity index (χ1) is 16.4. The Balaban J connectivity index is 3.01. The van der Waals surface area contributed by atoms with E-state index in [-0.39, 0.29) is 18.6 Å². The number of nitrogens with one attached hydrogen (secondary N) is 2. The van der Waals surface area contributed by atoms with Crippen molar-refractivity contribution in [1.29, 1.82) is 0 Å². The molecule has 192 valence electrons. The number of nitrogens with two attached hydrogens (primary N) is 1. The predicted molar refractivity (Wildman–Crippen MR) is 119 cm³/mol. The standard InChI is InChI=1S/C22H29N3O10/c1-2-3-4-14(19(23)29)25-20(30)15(24-16(26)9-10-17(27)28)11-12-5-7-13(8-6-12)35-18(21(31)32)22(33)34/h5-8,14-15,18H,2-4,9-11H2,1H3,(H2,23,29)(H,24,26)(H,25,30)(H,27,28)(H,31,32)(H,33,34)/t14?,15-/m0/s1. The first-order valence-corrected chi connectivity index (χ1v) is 10.8. The molecule has 13 nitrogen and oxygen atoms in total. The van der Waals surface area contributed by atoms with Crippen LogP contribution in [0.2, 0.25) is 0 Å². The third-order valence-electron chi connectivity index (χ3n) is 4.79. The second kappa shape index (κ2) is 14.2. The number of benzene rings is 1. The molecule has 0 spiro atoms. The van der Waals surface area contributed by atoms with Crippen LogP contribution in [-0.4, -0.2) is 69.1 Å². The summed E-state index contributed by atoms with van der Waals surface area (Å²) < 4.78 is 4.93. The lowest BCUT2D eigenvalue weighted by atomic mass is 10.0. The van der Waals surface area contributed by atoms with Crippen LogP contribution in [0.5, 0.6) is 5.75 Å². The second-order valence-corrected chi connectivity index (χ2v) is 7.64. The molecular formula is C22H29N3O10. The van der Waals surface area contributed by atoms with E-state index in [1.54, 1.807) is 0 Å². The van der Waals surface area contributed by atoms with Crippen LogP contribution in [0.1, 0.15) is 44.6 Å². The Labute approximate surface area is 200 Å². The van der Waals surface area contributed by atoms with Gasteiger partial charge in [-0.25, -0.2) is 9.59 Å². The molecule has 0 aromatic heterocycles. The Kier molecular flexibility index (Phi) is 11.7. The number of aliphatic carboxylic acids is 3. The number of primary amides is 1. The fraction of sp³-hybridized carbons (Fsp3) is 0.455. The molecule has 0 heterocycles. The molecule has 1 rings (SSSR count). The Hall–Kier alpha value is -4.16. The van der Waals surface area contributed by atoms with Crippen LogP contribution in [0.15, 0.2) is 24.3 Å². The van der Waals surface area contributed by atoms with Gasteiger partial charge in [0.15, 0.2) is 0 Å². The molecule has 1 aromatic rings. The molecule has 0 aliphatic carbocycles. The van der Waals surface area contributed by atoms with Crippen molar-refractivity contribution in [2.24, 2.45) is 5.73 Å². The van der Waals surface area contributed by atoms with Crippen molar-refractivity contribution in [2.45, 2.75) is 63.6 Å². The molecule has 7 N–H and O–H groups in total. The number of amides is 3. The van der Waals surface area contributed by atoms with E-state index in [2.05, 4.69) is 10.6 Å². The van der Waals surface area contributed by atoms with Crippen molar-refractivity contribution in [3.63, 3.8) is 0 Å². The lowest BCUT2D eigenvalue weighted by Crippen LogP contribution is -2.53. The first kappa shape index (κ1) is 28.9. The molecule has 1 aromatic carbocycles. The lowest BCUT2D eigenvalue weighted by Gasteiger charge is -2.22. The second-order valence-electron chi connectivity index (χ2n) is 7.64. The van der Waals surface area contributed by atoms with E-state index in [4.69, 9.17) is 25.8 Å². The molecular weight excluding hydrogens is 466 g/mol. The maximum Gasteiger partial charge on any atom is 0.356 e. The minimum absolute atomic E-state index is 0.0524. The zero-order valence-electron chi connectivity index (χ0n) is 19.1. The van der Waals surface area contributed by atoms with Gasteiger partial charge in [0.2, 0.25) is 17.7 Å². The quantitative estimate of drug-likeness (QED) is 0.164. The molecule has 0 radical (unpaired) electrons. The highest BCUT2D eigenvalue weighted by atomic mass is 16.5. The van der Waals surface area contributed by atoms with E-state index < -0.39 is 60.2 Å². The summed E-state index contributed by atoms with van der Waals surface area (Å²) in [5, 5.41) is 31.5. The van der Waals surface area contributed by atoms with Crippen molar-refractivity contribution >= 4 is 35.6 Å². The van der Waals surface area contributed by atoms with Crippen LogP contribution >= 0.6 is 0 Å². The number of carboxylic acids is 3. The van der Waals surface area contributed by atoms with E-state index in [0.29, 0.717) is 18.4 Å². The monoisotopic (exact) mass is 495 g/mol. The van der Waals surface area contributed by atoms with Crippen molar-refractivity contribution < 1.29 is 48.8 Å². The number of carbonyl (C=O) groups is 6. The van der Waals surface area contributed by atoms with E-state index in [1.165, 1.54) is 24.3 Å². The van der Waals surface area contributed by atoms with Gasteiger partial charge in [0.25, 0.3) is 6.10 Å². The molecule has 0 fully saturated rings. The largest absolute Gasteiger partial charge is 0.481 e. The topological polar surface area (TPSA) is 222 Å². The molecule has 1 unspecified atom stereocenters. The number of hydrogen-bond donors (Lipinski definition) is 6. The number of unbranched alkanes of at least 4 members (excludes halogenated alkanes) is 1. The van der Waals surface area contributed by atoms with Crippen LogP contribution in [0, 0.1) is 0 Å². The Morgan fingerprint density at radius 1 is 0.914 bits per heavy atom. The molecule has 2 atom stereocenters. The van der Waals surface area contributed by atoms with Crippen LogP contribution in [0.4, 0.5) is 0 Å². The smallest absolute Gasteiger partial charge is 0.356 e. The third-order valence-corrected chi connectivity index (χ3v) is 4.79. The minimum atomic E-state index is -2.11. The molecule has 0 aliphatic heterocycles. The highest BCUT2D eigenvalue weighted by Crippen LogP contribution is 2.16. The summed E-state index contributed by atoms with van der Waals surface area (Å²) in [7, 11) is 0. The van der Waals surface area contributed by atoms with Gasteiger partial charge in [0.1, 0.15) is 17.8 Å². The number of ether oxygens (including phenoxy) is 1. The zero-order valence-corrected chi connectivity index (χ0v) is 19.1. The summed E-state index contributed by atoms with van der Waals surface area (Å²) in [6.07, 6.45) is -1.31. The highest BCUT2D eigenvalue weighted by molar-refractivity contribution is 5.96. The normalized spacial score (nSPS) is 12.3. The molecule has 0 saturated heterocycles. The van der Waals surface area contributed by atoms with E-state index in [1.807, 2.05) is 6.92 Å². The Morgan fingerprint density at radius 3 is 2.00 bits per heavy atom. The van der Waals surface area contributed by atoms with Gasteiger partial charge in [-0.2, -0.15) is 0 Å². The summed E-state index contributed by atoms with van der Waals surface area (Å²) >= 11 is 0. The molecule has 0 aliphatic rings. The van der Waals surface area contributed by atoms with Crippen LogP contribution in [-0.2, 0) is 35.2 Å². The minimum Gasteiger partial charge on any atom is -0.481 e. The lowest BCUT2D eigenvalue weighted by molar-refractivity contribution is -0.159. The molecule has 13 heteroatoms. The first-order valence-electron chi connectivity index (χ1n) is 10.8. The van der Waals surface area contributed by atoms with Gasteiger partial charge in [-0.05, 0) is 24.1 Å². The molecule has 35 heavy (non-hydrogen) atoms. The van der Waals surface area contributed by atoms with Crippen LogP contribution < -0.4 is 21.1 Å². The third kappa shape index (κ3) is 10.5. The maximum atomic E-state index is 12.9. The maximum absolute atomic E-state index is 12.9. The van der Waals surface area contributed by atoms with Gasteiger partial charge < -0.3 is 36.4 Å². The summed E-state index contributed by atoms with van der Waals surface area (Å²) in [4.78, 5) is 69.4.